The van der Waals surface area contributed by atoms with Crippen LogP contribution in [0.4, 0.5) is 0 Å². The molecule has 0 heterocycles. The summed E-state index contributed by atoms with van der Waals surface area (Å²) in [4.78, 5) is 0. The first-order valence-corrected chi connectivity index (χ1v) is 8.11. The molecule has 0 rings (SSSR count). The fraction of sp³-hybridized carbons (Fsp3) is 1.00. The summed E-state index contributed by atoms with van der Waals surface area (Å²) < 4.78 is 21.8. The van der Waals surface area contributed by atoms with Crippen molar-refractivity contribution in [1.29, 1.82) is 0 Å². The third-order valence-electron chi connectivity index (χ3n) is 3.70. The molecule has 0 fully saturated rings. The second-order valence-corrected chi connectivity index (χ2v) is 6.52. The molecule has 0 aliphatic carbocycles. The molecule has 98 valence electrons. The topological polar surface area (TPSA) is 60.2 Å². The molecule has 3 nitrogen and oxygen atoms in total. The Morgan fingerprint density at radius 2 is 1.50 bits per heavy atom. The van der Waals surface area contributed by atoms with Gasteiger partial charge < -0.3 is 0 Å². The van der Waals surface area contributed by atoms with Gasteiger partial charge in [0, 0.05) is 0 Å². The van der Waals surface area contributed by atoms with Gasteiger partial charge >= 0.3 is 0 Å². The first-order chi connectivity index (χ1) is 7.39. The monoisotopic (exact) mass is 249 g/mol. The van der Waals surface area contributed by atoms with Crippen LogP contribution in [0.2, 0.25) is 0 Å². The summed E-state index contributed by atoms with van der Waals surface area (Å²) in [7, 11) is -3.28. The van der Waals surface area contributed by atoms with E-state index in [0.717, 1.165) is 19.3 Å². The van der Waals surface area contributed by atoms with E-state index in [4.69, 9.17) is 5.14 Å². The van der Waals surface area contributed by atoms with Crippen LogP contribution in [0.25, 0.3) is 0 Å². The number of unbranched alkanes of at least 4 members (excludes halogenated alkanes) is 1. The van der Waals surface area contributed by atoms with Gasteiger partial charge in [0.1, 0.15) is 0 Å². The molecule has 0 unspecified atom stereocenters. The summed E-state index contributed by atoms with van der Waals surface area (Å²) >= 11 is 0. The molecule has 0 radical (unpaired) electrons. The van der Waals surface area contributed by atoms with Crippen LogP contribution in [0.15, 0.2) is 0 Å². The molecular formula is C12H27NO2S. The van der Waals surface area contributed by atoms with Crippen LogP contribution in [-0.2, 0) is 10.0 Å². The van der Waals surface area contributed by atoms with Crippen molar-refractivity contribution >= 4 is 10.0 Å². The Morgan fingerprint density at radius 3 is 1.88 bits per heavy atom. The van der Waals surface area contributed by atoms with Gasteiger partial charge in [-0.3, -0.25) is 0 Å². The summed E-state index contributed by atoms with van der Waals surface area (Å²) in [6, 6.07) is 0. The average molecular weight is 249 g/mol. The maximum atomic E-state index is 10.9. The predicted molar refractivity (Wildman–Crippen MR) is 69.7 cm³/mol. The van der Waals surface area contributed by atoms with Crippen LogP contribution < -0.4 is 5.14 Å². The van der Waals surface area contributed by atoms with Crippen LogP contribution in [0.1, 0.15) is 65.7 Å². The van der Waals surface area contributed by atoms with Crippen molar-refractivity contribution in [2.45, 2.75) is 65.7 Å². The summed E-state index contributed by atoms with van der Waals surface area (Å²) in [5, 5.41) is 5.02. The molecule has 0 aliphatic rings. The maximum absolute atomic E-state index is 10.9. The molecule has 0 amide bonds. The lowest BCUT2D eigenvalue weighted by Crippen LogP contribution is -2.22. The van der Waals surface area contributed by atoms with E-state index in [-0.39, 0.29) is 5.75 Å². The van der Waals surface area contributed by atoms with Gasteiger partial charge in [0.05, 0.1) is 5.75 Å². The Bertz CT molecular complexity index is 269. The SMILES string of the molecule is CCCCC(CC)(CC)CCCS(N)(=O)=O. The molecular weight excluding hydrogens is 222 g/mol. The van der Waals surface area contributed by atoms with Gasteiger partial charge in [-0.15, -0.1) is 0 Å². The van der Waals surface area contributed by atoms with E-state index in [1.165, 1.54) is 19.3 Å². The number of primary sulfonamides is 1. The molecule has 0 aromatic rings. The van der Waals surface area contributed by atoms with Crippen molar-refractivity contribution in [2.24, 2.45) is 10.6 Å². The van der Waals surface area contributed by atoms with Gasteiger partial charge in [-0.1, -0.05) is 46.5 Å². The summed E-state index contributed by atoms with van der Waals surface area (Å²) in [6.45, 7) is 6.60. The second kappa shape index (κ2) is 7.28. The smallest absolute Gasteiger partial charge is 0.209 e. The molecule has 2 N–H and O–H groups in total. The Labute approximate surface area is 101 Å². The summed E-state index contributed by atoms with van der Waals surface area (Å²) in [5.41, 5.74) is 0.334. The molecule has 0 atom stereocenters. The predicted octanol–water partition coefficient (Wildman–Crippen LogP) is 3.05. The molecule has 4 heteroatoms. The molecule has 0 saturated heterocycles. The van der Waals surface area contributed by atoms with E-state index >= 15 is 0 Å². The first-order valence-electron chi connectivity index (χ1n) is 6.39. The van der Waals surface area contributed by atoms with Crippen molar-refractivity contribution in [3.8, 4) is 0 Å². The summed E-state index contributed by atoms with van der Waals surface area (Å²) in [6.07, 6.45) is 7.60. The van der Waals surface area contributed by atoms with Gasteiger partial charge in [-0.25, -0.2) is 13.6 Å². The largest absolute Gasteiger partial charge is 0.229 e. The third kappa shape index (κ3) is 6.48. The third-order valence-corrected chi connectivity index (χ3v) is 4.55. The fourth-order valence-electron chi connectivity index (χ4n) is 2.28. The minimum absolute atomic E-state index is 0.126. The minimum Gasteiger partial charge on any atom is -0.229 e. The standard InChI is InChI=1S/C12H27NO2S/c1-4-7-9-12(5-2,6-3)10-8-11-16(13,14)15/h4-11H2,1-3H3,(H2,13,14,15). The van der Waals surface area contributed by atoms with Crippen molar-refractivity contribution in [3.63, 3.8) is 0 Å². The zero-order valence-corrected chi connectivity index (χ0v) is 11.8. The maximum Gasteiger partial charge on any atom is 0.209 e. The normalized spacial score (nSPS) is 13.0. The number of nitrogens with two attached hydrogens (primary N) is 1. The minimum atomic E-state index is -3.28. The quantitative estimate of drug-likeness (QED) is 0.682. The van der Waals surface area contributed by atoms with E-state index in [9.17, 15) is 8.42 Å². The van der Waals surface area contributed by atoms with E-state index in [1.54, 1.807) is 0 Å². The number of rotatable bonds is 9. The number of sulfonamides is 1. The van der Waals surface area contributed by atoms with E-state index in [0.29, 0.717) is 11.8 Å². The van der Waals surface area contributed by atoms with Crippen LogP contribution >= 0.6 is 0 Å². The lowest BCUT2D eigenvalue weighted by Gasteiger charge is -2.31. The van der Waals surface area contributed by atoms with Crippen molar-refractivity contribution < 1.29 is 8.42 Å². The fourth-order valence-corrected chi connectivity index (χ4v) is 2.83. The molecule has 0 bridgehead atoms. The molecule has 0 aromatic carbocycles. The van der Waals surface area contributed by atoms with Crippen molar-refractivity contribution in [1.82, 2.24) is 0 Å². The van der Waals surface area contributed by atoms with Crippen LogP contribution in [0.3, 0.4) is 0 Å². The van der Waals surface area contributed by atoms with E-state index in [2.05, 4.69) is 20.8 Å². The van der Waals surface area contributed by atoms with Crippen LogP contribution in [0, 0.1) is 5.41 Å². The van der Waals surface area contributed by atoms with Crippen LogP contribution in [0.5, 0.6) is 0 Å². The Kier molecular flexibility index (Phi) is 7.24. The van der Waals surface area contributed by atoms with Crippen molar-refractivity contribution in [3.05, 3.63) is 0 Å². The van der Waals surface area contributed by atoms with Crippen LogP contribution in [-0.4, -0.2) is 14.2 Å². The van der Waals surface area contributed by atoms with Gasteiger partial charge in [0.15, 0.2) is 0 Å². The zero-order valence-electron chi connectivity index (χ0n) is 11.0. The second-order valence-electron chi connectivity index (χ2n) is 4.78. The molecule has 0 aromatic heterocycles. The number of hydrogen-bond donors (Lipinski definition) is 1. The van der Waals surface area contributed by atoms with Crippen molar-refractivity contribution in [2.75, 3.05) is 5.75 Å². The lowest BCUT2D eigenvalue weighted by molar-refractivity contribution is 0.210. The first kappa shape index (κ1) is 15.9. The highest BCUT2D eigenvalue weighted by Gasteiger charge is 2.25. The van der Waals surface area contributed by atoms with E-state index in [1.807, 2.05) is 0 Å². The molecule has 0 spiro atoms. The lowest BCUT2D eigenvalue weighted by atomic mass is 9.74. The molecule has 16 heavy (non-hydrogen) atoms. The van der Waals surface area contributed by atoms with Gasteiger partial charge in [-0.2, -0.15) is 0 Å². The van der Waals surface area contributed by atoms with Gasteiger partial charge in [0.2, 0.25) is 10.0 Å². The highest BCUT2D eigenvalue weighted by atomic mass is 32.2. The zero-order chi connectivity index (χ0) is 12.7. The molecule has 0 aliphatic heterocycles. The summed E-state index contributed by atoms with van der Waals surface area (Å²) in [5.74, 6) is 0.126. The highest BCUT2D eigenvalue weighted by molar-refractivity contribution is 7.89. The Balaban J connectivity index is 4.21. The molecule has 0 saturated carbocycles. The Hall–Kier alpha value is -0.0900. The van der Waals surface area contributed by atoms with Gasteiger partial charge in [0.25, 0.3) is 0 Å². The van der Waals surface area contributed by atoms with E-state index < -0.39 is 10.0 Å². The average Bonchev–Trinajstić information content (AvgIpc) is 2.22. The number of hydrogen-bond acceptors (Lipinski definition) is 2. The van der Waals surface area contributed by atoms with Gasteiger partial charge in [-0.05, 0) is 24.7 Å². The Morgan fingerprint density at radius 1 is 1.00 bits per heavy atom. The highest BCUT2D eigenvalue weighted by Crippen LogP contribution is 2.37.